The molecule has 34 heavy (non-hydrogen) atoms. The number of nitrogens with zero attached hydrogens (tertiary/aromatic N) is 1. The third kappa shape index (κ3) is 7.15. The van der Waals surface area contributed by atoms with Crippen LogP contribution in [0.3, 0.4) is 0 Å². The number of fused-ring (bicyclic) bond motifs is 1. The highest BCUT2D eigenvalue weighted by atomic mass is 16.9. The Morgan fingerprint density at radius 3 is 2.26 bits per heavy atom. The van der Waals surface area contributed by atoms with E-state index in [2.05, 4.69) is 18.7 Å². The van der Waals surface area contributed by atoms with E-state index in [4.69, 9.17) is 23.7 Å². The molecule has 2 unspecified atom stereocenters. The smallest absolute Gasteiger partial charge is 0.241 e. The first-order valence-electron chi connectivity index (χ1n) is 14.0. The number of unbranched alkanes of at least 4 members (excludes halogenated alkanes) is 9. The minimum Gasteiger partial charge on any atom is -0.387 e. The zero-order valence-corrected chi connectivity index (χ0v) is 22.4. The van der Waals surface area contributed by atoms with E-state index in [9.17, 15) is 5.11 Å². The Morgan fingerprint density at radius 1 is 0.971 bits per heavy atom. The molecule has 3 rings (SSSR count). The normalized spacial score (nSPS) is 34.4. The van der Waals surface area contributed by atoms with Gasteiger partial charge in [-0.2, -0.15) is 0 Å². The van der Waals surface area contributed by atoms with Gasteiger partial charge in [-0.1, -0.05) is 71.6 Å². The first kappa shape index (κ1) is 28.3. The van der Waals surface area contributed by atoms with Crippen molar-refractivity contribution in [1.82, 2.24) is 4.90 Å². The second-order valence-corrected chi connectivity index (χ2v) is 10.9. The van der Waals surface area contributed by atoms with Crippen molar-refractivity contribution in [1.29, 1.82) is 0 Å². The summed E-state index contributed by atoms with van der Waals surface area (Å²) < 4.78 is 31.4. The summed E-state index contributed by atoms with van der Waals surface area (Å²) in [5.74, 6) is -1.99. The van der Waals surface area contributed by atoms with Crippen molar-refractivity contribution >= 4 is 0 Å². The third-order valence-corrected chi connectivity index (χ3v) is 7.45. The second kappa shape index (κ2) is 13.3. The Kier molecular flexibility index (Phi) is 11.1. The molecule has 0 aromatic carbocycles. The molecule has 3 saturated heterocycles. The molecule has 6 atom stereocenters. The van der Waals surface area contributed by atoms with Gasteiger partial charge < -0.3 is 28.8 Å². The average Bonchev–Trinajstić information content (AvgIpc) is 3.21. The van der Waals surface area contributed by atoms with Crippen LogP contribution in [0.15, 0.2) is 0 Å². The molecule has 0 spiro atoms. The molecule has 0 aromatic heterocycles. The van der Waals surface area contributed by atoms with Crippen molar-refractivity contribution in [3.05, 3.63) is 0 Å². The van der Waals surface area contributed by atoms with Gasteiger partial charge in [0.05, 0.1) is 18.8 Å². The largest absolute Gasteiger partial charge is 0.387 e. The van der Waals surface area contributed by atoms with E-state index in [0.29, 0.717) is 13.2 Å². The van der Waals surface area contributed by atoms with E-state index >= 15 is 0 Å². The predicted octanol–water partition coefficient (Wildman–Crippen LogP) is 4.99. The van der Waals surface area contributed by atoms with Gasteiger partial charge >= 0.3 is 0 Å². The Hall–Kier alpha value is -0.280. The molecule has 0 radical (unpaired) electrons. The van der Waals surface area contributed by atoms with Crippen LogP contribution in [-0.2, 0) is 23.7 Å². The summed E-state index contributed by atoms with van der Waals surface area (Å²) in [5, 5.41) is 10.8. The predicted molar refractivity (Wildman–Crippen MR) is 133 cm³/mol. The van der Waals surface area contributed by atoms with E-state index in [0.717, 1.165) is 25.9 Å². The molecule has 0 aromatic rings. The molecule has 7 heteroatoms. The summed E-state index contributed by atoms with van der Waals surface area (Å²) >= 11 is 0. The van der Waals surface area contributed by atoms with Gasteiger partial charge in [-0.05, 0) is 33.6 Å². The fourth-order valence-corrected chi connectivity index (χ4v) is 5.57. The third-order valence-electron chi connectivity index (χ3n) is 7.45. The lowest BCUT2D eigenvalue weighted by molar-refractivity contribution is -0.329. The fourth-order valence-electron chi connectivity index (χ4n) is 5.57. The zero-order chi connectivity index (χ0) is 24.6. The highest BCUT2D eigenvalue weighted by Crippen LogP contribution is 2.49. The second-order valence-electron chi connectivity index (χ2n) is 10.9. The van der Waals surface area contributed by atoms with Gasteiger partial charge in [0.15, 0.2) is 12.0 Å². The maximum absolute atomic E-state index is 10.8. The number of hydrogen-bond donors (Lipinski definition) is 1. The van der Waals surface area contributed by atoms with Gasteiger partial charge in [-0.3, -0.25) is 4.90 Å². The number of hydrogen-bond acceptors (Lipinski definition) is 7. The number of rotatable bonds is 15. The monoisotopic (exact) mass is 485 g/mol. The van der Waals surface area contributed by atoms with E-state index in [1.54, 1.807) is 0 Å². The standard InChI is InChI=1S/C27H51NO6/c1-6-8-9-10-11-12-13-14-15-16-18-31-25(28-17-19-30-22(7-2)20-28)27-24(23(29)21(3)32-27)33-26(4,5)34-27/h21-25,29H,6-20H2,1-5H3/t21-,22?,23+,24-,25?,27+/m0/s1. The molecule has 0 aliphatic carbocycles. The van der Waals surface area contributed by atoms with E-state index in [-0.39, 0.29) is 12.2 Å². The summed E-state index contributed by atoms with van der Waals surface area (Å²) in [4.78, 5) is 2.27. The SMILES string of the molecule is CCCCCCCCCCCCOC(N1CCOC(CC)C1)[C@@]12O[C@@H](C)[C@@H](O)[C@@H]1OC(C)(C)O2. The molecule has 7 nitrogen and oxygen atoms in total. The van der Waals surface area contributed by atoms with Crippen LogP contribution in [-0.4, -0.2) is 78.5 Å². The van der Waals surface area contributed by atoms with Gasteiger partial charge in [0.2, 0.25) is 5.79 Å². The van der Waals surface area contributed by atoms with Crippen LogP contribution in [0.1, 0.15) is 105 Å². The van der Waals surface area contributed by atoms with Crippen molar-refractivity contribution in [2.75, 3.05) is 26.3 Å². The van der Waals surface area contributed by atoms with E-state index < -0.39 is 30.0 Å². The van der Waals surface area contributed by atoms with Gasteiger partial charge in [0.25, 0.3) is 0 Å². The van der Waals surface area contributed by atoms with Crippen LogP contribution < -0.4 is 0 Å². The van der Waals surface area contributed by atoms with Gasteiger partial charge in [-0.25, -0.2) is 0 Å². The molecule has 0 bridgehead atoms. The molecule has 0 saturated carbocycles. The fraction of sp³-hybridized carbons (Fsp3) is 1.00. The van der Waals surface area contributed by atoms with Crippen LogP contribution in [0.5, 0.6) is 0 Å². The van der Waals surface area contributed by atoms with E-state index in [1.807, 2.05) is 20.8 Å². The number of aliphatic hydroxyl groups is 1. The van der Waals surface area contributed by atoms with Crippen molar-refractivity contribution in [3.63, 3.8) is 0 Å². The molecule has 1 N–H and O–H groups in total. The Labute approximate surface area is 207 Å². The molecular formula is C27H51NO6. The lowest BCUT2D eigenvalue weighted by Gasteiger charge is -2.44. The van der Waals surface area contributed by atoms with Gasteiger partial charge in [0, 0.05) is 19.7 Å². The summed E-state index contributed by atoms with van der Waals surface area (Å²) in [6.07, 6.45) is 11.8. The summed E-state index contributed by atoms with van der Waals surface area (Å²) in [6, 6.07) is 0. The highest BCUT2D eigenvalue weighted by molar-refractivity contribution is 5.05. The van der Waals surface area contributed by atoms with Crippen molar-refractivity contribution in [2.24, 2.45) is 0 Å². The lowest BCUT2D eigenvalue weighted by Crippen LogP contribution is -2.62. The minimum absolute atomic E-state index is 0.158. The lowest BCUT2D eigenvalue weighted by atomic mass is 10.0. The summed E-state index contributed by atoms with van der Waals surface area (Å²) in [6.45, 7) is 12.8. The first-order valence-corrected chi connectivity index (χ1v) is 14.0. The summed E-state index contributed by atoms with van der Waals surface area (Å²) in [5.41, 5.74) is 0. The van der Waals surface area contributed by atoms with Gasteiger partial charge in [0.1, 0.15) is 12.2 Å². The first-order chi connectivity index (χ1) is 16.3. The molecular weight excluding hydrogens is 434 g/mol. The number of morpholine rings is 1. The number of aliphatic hydroxyl groups excluding tert-OH is 1. The molecule has 200 valence electrons. The number of ether oxygens (including phenoxy) is 5. The maximum atomic E-state index is 10.8. The van der Waals surface area contributed by atoms with Crippen LogP contribution in [0.25, 0.3) is 0 Å². The molecule has 3 aliphatic rings. The Bertz CT molecular complexity index is 589. The van der Waals surface area contributed by atoms with Crippen LogP contribution in [0, 0.1) is 0 Å². The zero-order valence-electron chi connectivity index (χ0n) is 22.4. The van der Waals surface area contributed by atoms with Crippen LogP contribution in [0.2, 0.25) is 0 Å². The average molecular weight is 486 g/mol. The molecule has 3 fully saturated rings. The molecule has 0 amide bonds. The van der Waals surface area contributed by atoms with Gasteiger partial charge in [-0.15, -0.1) is 0 Å². The van der Waals surface area contributed by atoms with E-state index in [1.165, 1.54) is 57.8 Å². The minimum atomic E-state index is -1.14. The Balaban J connectivity index is 1.55. The Morgan fingerprint density at radius 2 is 1.62 bits per heavy atom. The quantitative estimate of drug-likeness (QED) is 0.328. The van der Waals surface area contributed by atoms with Crippen molar-refractivity contribution in [3.8, 4) is 0 Å². The van der Waals surface area contributed by atoms with Crippen LogP contribution in [0.4, 0.5) is 0 Å². The topological polar surface area (TPSA) is 69.6 Å². The highest BCUT2D eigenvalue weighted by Gasteiger charge is 2.68. The maximum Gasteiger partial charge on any atom is 0.241 e. The molecule has 3 aliphatic heterocycles. The van der Waals surface area contributed by atoms with Crippen molar-refractivity contribution in [2.45, 2.75) is 147 Å². The van der Waals surface area contributed by atoms with Crippen LogP contribution >= 0.6 is 0 Å². The molecule has 3 heterocycles. The summed E-state index contributed by atoms with van der Waals surface area (Å²) in [7, 11) is 0. The van der Waals surface area contributed by atoms with Crippen molar-refractivity contribution < 1.29 is 28.8 Å².